The van der Waals surface area contributed by atoms with Crippen molar-refractivity contribution < 1.29 is 13.7 Å². The lowest BCUT2D eigenvalue weighted by atomic mass is 9.93. The number of nitrogens with one attached hydrogen (secondary N) is 1. The molecule has 1 N–H and O–H groups in total. The Hall–Kier alpha value is -2.21. The van der Waals surface area contributed by atoms with E-state index in [1.807, 2.05) is 13.8 Å². The Morgan fingerprint density at radius 2 is 2.19 bits per heavy atom. The number of aryl methyl sites for hydroxylation is 2. The summed E-state index contributed by atoms with van der Waals surface area (Å²) >= 11 is 0. The van der Waals surface area contributed by atoms with E-state index in [1.165, 1.54) is 11.6 Å². The molecular formula is C21H28FN3O2. The van der Waals surface area contributed by atoms with Gasteiger partial charge in [-0.15, -0.1) is 0 Å². The Morgan fingerprint density at radius 1 is 1.37 bits per heavy atom. The number of benzene rings is 1. The minimum Gasteiger partial charge on any atom is -0.361 e. The van der Waals surface area contributed by atoms with E-state index in [1.54, 1.807) is 18.2 Å². The summed E-state index contributed by atoms with van der Waals surface area (Å²) in [7, 11) is 0. The van der Waals surface area contributed by atoms with E-state index in [-0.39, 0.29) is 18.3 Å². The van der Waals surface area contributed by atoms with Gasteiger partial charge in [0.1, 0.15) is 11.6 Å². The van der Waals surface area contributed by atoms with Crippen molar-refractivity contribution in [1.82, 2.24) is 15.4 Å². The van der Waals surface area contributed by atoms with Crippen LogP contribution in [0.5, 0.6) is 0 Å². The Labute approximate surface area is 159 Å². The lowest BCUT2D eigenvalue weighted by Gasteiger charge is -2.32. The largest absolute Gasteiger partial charge is 0.361 e. The number of carbonyl (C=O) groups excluding carboxylic acids is 1. The number of aromatic nitrogens is 1. The molecule has 0 aliphatic carbocycles. The molecule has 0 saturated carbocycles. The second-order valence-electron chi connectivity index (χ2n) is 7.45. The quantitative estimate of drug-likeness (QED) is 0.803. The Balaban J connectivity index is 1.42. The molecule has 6 heteroatoms. The van der Waals surface area contributed by atoms with E-state index < -0.39 is 0 Å². The summed E-state index contributed by atoms with van der Waals surface area (Å²) in [4.78, 5) is 14.6. The smallest absolute Gasteiger partial charge is 0.220 e. The highest BCUT2D eigenvalue weighted by molar-refractivity contribution is 5.75. The average molecular weight is 373 g/mol. The number of piperidine rings is 1. The fraction of sp³-hybridized carbons (Fsp3) is 0.524. The number of amides is 1. The van der Waals surface area contributed by atoms with Crippen LogP contribution < -0.4 is 5.32 Å². The summed E-state index contributed by atoms with van der Waals surface area (Å²) in [5.74, 6) is 1.11. The summed E-state index contributed by atoms with van der Waals surface area (Å²) in [5, 5.41) is 6.86. The van der Waals surface area contributed by atoms with Crippen LogP contribution in [-0.4, -0.2) is 29.1 Å². The zero-order valence-electron chi connectivity index (χ0n) is 16.1. The summed E-state index contributed by atoms with van der Waals surface area (Å²) < 4.78 is 18.9. The number of halogens is 1. The number of likely N-dealkylation sites (tertiary alicyclic amines) is 1. The molecule has 2 heterocycles. The molecule has 0 radical (unpaired) electrons. The van der Waals surface area contributed by atoms with Crippen molar-refractivity contribution in [2.75, 3.05) is 13.1 Å². The standard InChI is InChI=1S/C21H28FN3O2/c1-15-19(16(2)27-24-15)14-25-11-5-6-17(13-25)9-10-21(26)23-12-18-7-3-4-8-20(18)22/h3-4,7-8,17H,5-6,9-14H2,1-2H3,(H,23,26). The van der Waals surface area contributed by atoms with Crippen LogP contribution in [0.15, 0.2) is 28.8 Å². The second-order valence-corrected chi connectivity index (χ2v) is 7.45. The molecule has 1 saturated heterocycles. The maximum Gasteiger partial charge on any atom is 0.220 e. The van der Waals surface area contributed by atoms with Crippen molar-refractivity contribution >= 4 is 5.91 Å². The van der Waals surface area contributed by atoms with Crippen LogP contribution in [0.1, 0.15) is 48.3 Å². The molecule has 0 spiro atoms. The van der Waals surface area contributed by atoms with E-state index in [0.29, 0.717) is 17.9 Å². The number of rotatable bonds is 7. The Bertz CT molecular complexity index is 755. The molecule has 2 aromatic rings. The van der Waals surface area contributed by atoms with Gasteiger partial charge in [-0.25, -0.2) is 4.39 Å². The third-order valence-corrected chi connectivity index (χ3v) is 5.38. The highest BCUT2D eigenvalue weighted by atomic mass is 19.1. The molecular weight excluding hydrogens is 345 g/mol. The van der Waals surface area contributed by atoms with Crippen LogP contribution in [0.4, 0.5) is 4.39 Å². The molecule has 1 aromatic carbocycles. The fourth-order valence-corrected chi connectivity index (χ4v) is 3.74. The molecule has 3 rings (SSSR count). The zero-order valence-corrected chi connectivity index (χ0v) is 16.1. The minimum absolute atomic E-state index is 0.0129. The van der Waals surface area contributed by atoms with E-state index in [2.05, 4.69) is 15.4 Å². The predicted molar refractivity (Wildman–Crippen MR) is 101 cm³/mol. The monoisotopic (exact) mass is 373 g/mol. The second kappa shape index (κ2) is 9.13. The highest BCUT2D eigenvalue weighted by Gasteiger charge is 2.22. The first kappa shape index (κ1) is 19.5. The van der Waals surface area contributed by atoms with E-state index >= 15 is 0 Å². The van der Waals surface area contributed by atoms with Gasteiger partial charge in [-0.1, -0.05) is 23.4 Å². The molecule has 1 aromatic heterocycles. The van der Waals surface area contributed by atoms with Crippen molar-refractivity contribution in [3.05, 3.63) is 52.7 Å². The van der Waals surface area contributed by atoms with Gasteiger partial charge in [0.2, 0.25) is 5.91 Å². The molecule has 1 aliphatic heterocycles. The van der Waals surface area contributed by atoms with Gasteiger partial charge in [-0.05, 0) is 51.6 Å². The SMILES string of the molecule is Cc1noc(C)c1CN1CCCC(CCC(=O)NCc2ccccc2F)C1. The molecule has 0 bridgehead atoms. The molecule has 1 fully saturated rings. The van der Waals surface area contributed by atoms with Crippen molar-refractivity contribution in [3.63, 3.8) is 0 Å². The first-order chi connectivity index (χ1) is 13.0. The van der Waals surface area contributed by atoms with E-state index in [0.717, 1.165) is 50.4 Å². The molecule has 1 atom stereocenters. The van der Waals surface area contributed by atoms with Gasteiger partial charge in [-0.3, -0.25) is 9.69 Å². The van der Waals surface area contributed by atoms with Gasteiger partial charge < -0.3 is 9.84 Å². The van der Waals surface area contributed by atoms with Crippen molar-refractivity contribution in [1.29, 1.82) is 0 Å². The maximum atomic E-state index is 13.6. The number of nitrogens with zero attached hydrogens (tertiary/aromatic N) is 2. The van der Waals surface area contributed by atoms with Crippen molar-refractivity contribution in [2.24, 2.45) is 5.92 Å². The van der Waals surface area contributed by atoms with Crippen molar-refractivity contribution in [2.45, 2.75) is 52.6 Å². The van der Waals surface area contributed by atoms with E-state index in [4.69, 9.17) is 4.52 Å². The minimum atomic E-state index is -0.278. The Kier molecular flexibility index (Phi) is 6.61. The normalized spacial score (nSPS) is 17.8. The van der Waals surface area contributed by atoms with Crippen LogP contribution >= 0.6 is 0 Å². The maximum absolute atomic E-state index is 13.6. The fourth-order valence-electron chi connectivity index (χ4n) is 3.74. The lowest BCUT2D eigenvalue weighted by molar-refractivity contribution is -0.121. The first-order valence-electron chi connectivity index (χ1n) is 9.67. The van der Waals surface area contributed by atoms with Gasteiger partial charge >= 0.3 is 0 Å². The summed E-state index contributed by atoms with van der Waals surface area (Å²) in [6, 6.07) is 6.54. The van der Waals surface area contributed by atoms with Crippen LogP contribution in [0.2, 0.25) is 0 Å². The van der Waals surface area contributed by atoms with Crippen LogP contribution in [-0.2, 0) is 17.9 Å². The van der Waals surface area contributed by atoms with Gasteiger partial charge in [-0.2, -0.15) is 0 Å². The third kappa shape index (κ3) is 5.39. The summed E-state index contributed by atoms with van der Waals surface area (Å²) in [5.41, 5.74) is 2.66. The summed E-state index contributed by atoms with van der Waals surface area (Å²) in [6.45, 7) is 7.10. The van der Waals surface area contributed by atoms with Crippen LogP contribution in [0.25, 0.3) is 0 Å². The molecule has 27 heavy (non-hydrogen) atoms. The zero-order chi connectivity index (χ0) is 19.2. The molecule has 146 valence electrons. The number of hydrogen-bond donors (Lipinski definition) is 1. The Morgan fingerprint density at radius 3 is 2.93 bits per heavy atom. The number of carbonyl (C=O) groups is 1. The van der Waals surface area contributed by atoms with Gasteiger partial charge in [0.25, 0.3) is 0 Å². The molecule has 1 unspecified atom stereocenters. The highest BCUT2D eigenvalue weighted by Crippen LogP contribution is 2.24. The molecule has 1 aliphatic rings. The molecule has 5 nitrogen and oxygen atoms in total. The topological polar surface area (TPSA) is 58.4 Å². The van der Waals surface area contributed by atoms with Gasteiger partial charge in [0.05, 0.1) is 5.69 Å². The van der Waals surface area contributed by atoms with Crippen molar-refractivity contribution in [3.8, 4) is 0 Å². The van der Waals surface area contributed by atoms with Crippen LogP contribution in [0, 0.1) is 25.6 Å². The van der Waals surface area contributed by atoms with Gasteiger partial charge in [0.15, 0.2) is 0 Å². The number of hydrogen-bond acceptors (Lipinski definition) is 4. The van der Waals surface area contributed by atoms with Crippen LogP contribution in [0.3, 0.4) is 0 Å². The van der Waals surface area contributed by atoms with E-state index in [9.17, 15) is 9.18 Å². The predicted octanol–water partition coefficient (Wildman–Crippen LogP) is 3.74. The lowest BCUT2D eigenvalue weighted by Crippen LogP contribution is -2.35. The molecule has 1 amide bonds. The first-order valence-corrected chi connectivity index (χ1v) is 9.67. The summed E-state index contributed by atoms with van der Waals surface area (Å²) in [6.07, 6.45) is 3.64. The van der Waals surface area contributed by atoms with Gasteiger partial charge in [0, 0.05) is 37.2 Å². The third-order valence-electron chi connectivity index (χ3n) is 5.38. The average Bonchev–Trinajstić information content (AvgIpc) is 2.98.